The van der Waals surface area contributed by atoms with E-state index in [0.29, 0.717) is 6.42 Å². The first-order valence-corrected chi connectivity index (χ1v) is 5.84. The van der Waals surface area contributed by atoms with E-state index in [9.17, 15) is 9.59 Å². The second-order valence-corrected chi connectivity index (χ2v) is 5.87. The van der Waals surface area contributed by atoms with E-state index < -0.39 is 24.0 Å². The topological polar surface area (TPSA) is 92.4 Å². The van der Waals surface area contributed by atoms with Crippen molar-refractivity contribution in [2.24, 2.45) is 17.1 Å². The lowest BCUT2D eigenvalue weighted by atomic mass is 9.86. The monoisotopic (exact) mass is 244 g/mol. The maximum absolute atomic E-state index is 11.8. The summed E-state index contributed by atoms with van der Waals surface area (Å²) in [5.41, 5.74) is 5.38. The first kappa shape index (κ1) is 15.9. The predicted octanol–water partition coefficient (Wildman–Crippen LogP) is 0.975. The number of carboxylic acid groups (broad SMARTS) is 1. The zero-order valence-electron chi connectivity index (χ0n) is 11.3. The summed E-state index contributed by atoms with van der Waals surface area (Å²) >= 11 is 0. The number of nitrogens with two attached hydrogens (primary N) is 1. The van der Waals surface area contributed by atoms with Gasteiger partial charge >= 0.3 is 5.97 Å². The van der Waals surface area contributed by atoms with Crippen LogP contribution in [0.4, 0.5) is 0 Å². The van der Waals surface area contributed by atoms with Crippen LogP contribution in [0.25, 0.3) is 0 Å². The van der Waals surface area contributed by atoms with Gasteiger partial charge in [0.1, 0.15) is 6.04 Å². The highest BCUT2D eigenvalue weighted by atomic mass is 16.4. The Morgan fingerprint density at radius 1 is 1.29 bits per heavy atom. The van der Waals surface area contributed by atoms with Crippen LogP contribution in [0.15, 0.2) is 0 Å². The summed E-state index contributed by atoms with van der Waals surface area (Å²) < 4.78 is 0. The Kier molecular flexibility index (Phi) is 5.61. The molecule has 0 saturated carbocycles. The van der Waals surface area contributed by atoms with Crippen LogP contribution in [0.3, 0.4) is 0 Å². The zero-order chi connectivity index (χ0) is 13.8. The molecule has 0 aliphatic carbocycles. The van der Waals surface area contributed by atoms with Crippen LogP contribution >= 0.6 is 0 Å². The lowest BCUT2D eigenvalue weighted by Crippen LogP contribution is -2.53. The van der Waals surface area contributed by atoms with Crippen molar-refractivity contribution in [3.8, 4) is 0 Å². The highest BCUT2D eigenvalue weighted by molar-refractivity contribution is 5.87. The summed E-state index contributed by atoms with van der Waals surface area (Å²) in [6.07, 6.45) is 0.401. The summed E-state index contributed by atoms with van der Waals surface area (Å²) in [4.78, 5) is 22.8. The number of carboxylic acids is 1. The molecule has 0 aliphatic rings. The third-order valence-electron chi connectivity index (χ3n) is 2.54. The summed E-state index contributed by atoms with van der Waals surface area (Å²) in [6.45, 7) is 9.35. The molecule has 0 spiro atoms. The molecule has 0 aliphatic heterocycles. The van der Waals surface area contributed by atoms with Crippen LogP contribution in [-0.4, -0.2) is 29.1 Å². The van der Waals surface area contributed by atoms with E-state index in [2.05, 4.69) is 5.32 Å². The van der Waals surface area contributed by atoms with Gasteiger partial charge in [0.05, 0.1) is 6.04 Å². The van der Waals surface area contributed by atoms with Crippen LogP contribution in [0, 0.1) is 11.3 Å². The SMILES string of the molecule is CC(C)C[C@H](NC(=O)[C@@H](N)C(C)(C)C)C(=O)O. The van der Waals surface area contributed by atoms with E-state index in [1.54, 1.807) is 0 Å². The van der Waals surface area contributed by atoms with Gasteiger partial charge in [0.25, 0.3) is 0 Å². The predicted molar refractivity (Wildman–Crippen MR) is 66.5 cm³/mol. The van der Waals surface area contributed by atoms with Gasteiger partial charge in [-0.2, -0.15) is 0 Å². The van der Waals surface area contributed by atoms with Crippen molar-refractivity contribution in [2.75, 3.05) is 0 Å². The Balaban J connectivity index is 4.57. The normalized spacial score (nSPS) is 15.5. The minimum Gasteiger partial charge on any atom is -0.480 e. The molecule has 2 atom stereocenters. The van der Waals surface area contributed by atoms with Crippen LogP contribution < -0.4 is 11.1 Å². The van der Waals surface area contributed by atoms with Crippen molar-refractivity contribution in [2.45, 2.75) is 53.1 Å². The number of nitrogens with one attached hydrogen (secondary N) is 1. The van der Waals surface area contributed by atoms with E-state index in [1.165, 1.54) is 0 Å². The quantitative estimate of drug-likeness (QED) is 0.672. The molecule has 0 rings (SSSR count). The fraction of sp³-hybridized carbons (Fsp3) is 0.833. The van der Waals surface area contributed by atoms with Crippen LogP contribution in [0.5, 0.6) is 0 Å². The Morgan fingerprint density at radius 3 is 2.06 bits per heavy atom. The summed E-state index contributed by atoms with van der Waals surface area (Å²) in [5.74, 6) is -1.24. The van der Waals surface area contributed by atoms with E-state index in [4.69, 9.17) is 10.8 Å². The van der Waals surface area contributed by atoms with Gasteiger partial charge in [-0.1, -0.05) is 34.6 Å². The first-order valence-electron chi connectivity index (χ1n) is 5.84. The first-order chi connectivity index (χ1) is 7.55. The van der Waals surface area contributed by atoms with Crippen LogP contribution in [0.2, 0.25) is 0 Å². The highest BCUT2D eigenvalue weighted by Crippen LogP contribution is 2.17. The number of carbonyl (C=O) groups is 2. The van der Waals surface area contributed by atoms with Gasteiger partial charge in [-0.05, 0) is 17.8 Å². The van der Waals surface area contributed by atoms with Crippen LogP contribution in [-0.2, 0) is 9.59 Å². The second-order valence-electron chi connectivity index (χ2n) is 5.87. The number of rotatable bonds is 5. The zero-order valence-corrected chi connectivity index (χ0v) is 11.3. The van der Waals surface area contributed by atoms with Gasteiger partial charge in [-0.15, -0.1) is 0 Å². The van der Waals surface area contributed by atoms with Crippen molar-refractivity contribution >= 4 is 11.9 Å². The molecule has 0 aromatic heterocycles. The molecule has 100 valence electrons. The molecule has 4 N–H and O–H groups in total. The lowest BCUT2D eigenvalue weighted by Gasteiger charge is -2.27. The van der Waals surface area contributed by atoms with Gasteiger partial charge < -0.3 is 16.2 Å². The van der Waals surface area contributed by atoms with Crippen molar-refractivity contribution in [1.82, 2.24) is 5.32 Å². The molecule has 0 heterocycles. The lowest BCUT2D eigenvalue weighted by molar-refractivity contribution is -0.142. The molecular weight excluding hydrogens is 220 g/mol. The fourth-order valence-corrected chi connectivity index (χ4v) is 1.35. The second kappa shape index (κ2) is 6.00. The molecule has 5 nitrogen and oxygen atoms in total. The van der Waals surface area contributed by atoms with E-state index in [-0.39, 0.29) is 11.3 Å². The average Bonchev–Trinajstić information content (AvgIpc) is 2.13. The minimum absolute atomic E-state index is 0.197. The van der Waals surface area contributed by atoms with E-state index >= 15 is 0 Å². The smallest absolute Gasteiger partial charge is 0.326 e. The number of hydrogen-bond acceptors (Lipinski definition) is 3. The van der Waals surface area contributed by atoms with Crippen molar-refractivity contribution in [3.05, 3.63) is 0 Å². The molecule has 0 unspecified atom stereocenters. The van der Waals surface area contributed by atoms with Gasteiger partial charge in [0, 0.05) is 0 Å². The highest BCUT2D eigenvalue weighted by Gasteiger charge is 2.30. The van der Waals surface area contributed by atoms with E-state index in [0.717, 1.165) is 0 Å². The maximum Gasteiger partial charge on any atom is 0.326 e. The number of carbonyl (C=O) groups excluding carboxylic acids is 1. The Labute approximate surface area is 103 Å². The molecule has 0 aromatic carbocycles. The van der Waals surface area contributed by atoms with Crippen molar-refractivity contribution < 1.29 is 14.7 Å². The molecule has 1 amide bonds. The van der Waals surface area contributed by atoms with Crippen molar-refractivity contribution in [3.63, 3.8) is 0 Å². The molecular formula is C12H24N2O3. The molecule has 0 fully saturated rings. The molecule has 0 bridgehead atoms. The fourth-order valence-electron chi connectivity index (χ4n) is 1.35. The van der Waals surface area contributed by atoms with E-state index in [1.807, 2.05) is 34.6 Å². The molecule has 5 heteroatoms. The molecule has 17 heavy (non-hydrogen) atoms. The van der Waals surface area contributed by atoms with Gasteiger partial charge in [0.2, 0.25) is 5.91 Å². The van der Waals surface area contributed by atoms with Gasteiger partial charge in [0.15, 0.2) is 0 Å². The Bertz CT molecular complexity index is 282. The Hall–Kier alpha value is -1.10. The number of aliphatic carboxylic acids is 1. The summed E-state index contributed by atoms with van der Waals surface area (Å²) in [7, 11) is 0. The maximum atomic E-state index is 11.8. The number of amides is 1. The minimum atomic E-state index is -1.02. The van der Waals surface area contributed by atoms with Crippen LogP contribution in [0.1, 0.15) is 41.0 Å². The third-order valence-corrected chi connectivity index (χ3v) is 2.54. The standard InChI is InChI=1S/C12H24N2O3/c1-7(2)6-8(11(16)17)14-10(15)9(13)12(3,4)5/h7-9H,6,13H2,1-5H3,(H,14,15)(H,16,17)/t8-,9+/m0/s1. The Morgan fingerprint density at radius 2 is 1.76 bits per heavy atom. The molecule has 0 saturated heterocycles. The summed E-state index contributed by atoms with van der Waals surface area (Å²) in [5, 5.41) is 11.5. The van der Waals surface area contributed by atoms with Crippen molar-refractivity contribution in [1.29, 1.82) is 0 Å². The molecule has 0 aromatic rings. The average molecular weight is 244 g/mol. The third kappa shape index (κ3) is 5.68. The summed E-state index contributed by atoms with van der Waals surface area (Å²) in [6, 6.07) is -1.58. The number of hydrogen-bond donors (Lipinski definition) is 3. The van der Waals surface area contributed by atoms with Gasteiger partial charge in [-0.25, -0.2) is 4.79 Å². The largest absolute Gasteiger partial charge is 0.480 e. The van der Waals surface area contributed by atoms with Gasteiger partial charge in [-0.3, -0.25) is 4.79 Å². The molecule has 0 radical (unpaired) electrons.